The predicted molar refractivity (Wildman–Crippen MR) is 118 cm³/mol. The van der Waals surface area contributed by atoms with Gasteiger partial charge in [0.15, 0.2) is 5.65 Å². The third-order valence-electron chi connectivity index (χ3n) is 4.53. The topological polar surface area (TPSA) is 118 Å². The normalized spacial score (nSPS) is 11.4. The standard InChI is InChI=1S/C21H14BrN3O5S/c22-15-6-7-18(17(12-15)21(27)28)24-20(26)14-3-1-5-16(11-14)31(29,30)25-10-8-13-4-2-9-23-19(13)25/h1-12H,(H,24,26)(H,27,28). The number of carboxylic acids is 1. The van der Waals surface area contributed by atoms with Gasteiger partial charge in [0, 0.05) is 27.8 Å². The molecule has 0 unspecified atom stereocenters. The van der Waals surface area contributed by atoms with Crippen LogP contribution in [0.2, 0.25) is 0 Å². The smallest absolute Gasteiger partial charge is 0.337 e. The van der Waals surface area contributed by atoms with Crippen LogP contribution >= 0.6 is 15.9 Å². The molecular formula is C21H14BrN3O5S. The van der Waals surface area contributed by atoms with Gasteiger partial charge in [0.05, 0.1) is 16.1 Å². The molecule has 8 nitrogen and oxygen atoms in total. The van der Waals surface area contributed by atoms with Gasteiger partial charge in [0.2, 0.25) is 0 Å². The summed E-state index contributed by atoms with van der Waals surface area (Å²) >= 11 is 3.19. The SMILES string of the molecule is O=C(Nc1ccc(Br)cc1C(=O)O)c1cccc(S(=O)(=O)n2ccc3cccnc32)c1. The van der Waals surface area contributed by atoms with Crippen molar-refractivity contribution in [3.05, 3.63) is 88.7 Å². The van der Waals surface area contributed by atoms with Gasteiger partial charge in [-0.05, 0) is 54.6 Å². The molecule has 4 rings (SSSR count). The number of rotatable bonds is 5. The Kier molecular flexibility index (Phi) is 5.34. The zero-order chi connectivity index (χ0) is 22.2. The van der Waals surface area contributed by atoms with E-state index < -0.39 is 21.9 Å². The van der Waals surface area contributed by atoms with Crippen molar-refractivity contribution in [2.45, 2.75) is 4.90 Å². The van der Waals surface area contributed by atoms with E-state index in [4.69, 9.17) is 0 Å². The highest BCUT2D eigenvalue weighted by molar-refractivity contribution is 9.10. The molecule has 2 aromatic carbocycles. The van der Waals surface area contributed by atoms with Gasteiger partial charge in [0.25, 0.3) is 15.9 Å². The minimum absolute atomic E-state index is 0.0600. The van der Waals surface area contributed by atoms with Gasteiger partial charge >= 0.3 is 5.97 Å². The highest BCUT2D eigenvalue weighted by atomic mass is 79.9. The van der Waals surface area contributed by atoms with Crippen LogP contribution in [0.15, 0.2) is 82.4 Å². The van der Waals surface area contributed by atoms with Crippen LogP contribution in [0.25, 0.3) is 11.0 Å². The second kappa shape index (κ2) is 7.97. The van der Waals surface area contributed by atoms with Crippen LogP contribution < -0.4 is 5.32 Å². The molecule has 1 amide bonds. The number of anilines is 1. The van der Waals surface area contributed by atoms with E-state index in [1.54, 1.807) is 24.3 Å². The van der Waals surface area contributed by atoms with Gasteiger partial charge in [0.1, 0.15) is 0 Å². The first kappa shape index (κ1) is 20.8. The molecule has 0 aliphatic heterocycles. The first-order valence-electron chi connectivity index (χ1n) is 8.89. The summed E-state index contributed by atoms with van der Waals surface area (Å²) in [7, 11) is -4.00. The third-order valence-corrected chi connectivity index (χ3v) is 6.68. The van der Waals surface area contributed by atoms with Crippen molar-refractivity contribution in [2.75, 3.05) is 5.32 Å². The van der Waals surface area contributed by atoms with Crippen molar-refractivity contribution in [1.29, 1.82) is 0 Å². The Morgan fingerprint density at radius 1 is 1.03 bits per heavy atom. The maximum atomic E-state index is 13.1. The Balaban J connectivity index is 1.69. The molecule has 0 radical (unpaired) electrons. The molecule has 0 spiro atoms. The summed E-state index contributed by atoms with van der Waals surface area (Å²) in [6.45, 7) is 0. The highest BCUT2D eigenvalue weighted by Gasteiger charge is 2.21. The molecule has 10 heteroatoms. The van der Waals surface area contributed by atoms with Crippen molar-refractivity contribution < 1.29 is 23.1 Å². The molecule has 2 aromatic heterocycles. The Morgan fingerprint density at radius 2 is 1.84 bits per heavy atom. The number of carbonyl (C=O) groups is 2. The van der Waals surface area contributed by atoms with Gasteiger partial charge in [-0.25, -0.2) is 22.2 Å². The van der Waals surface area contributed by atoms with E-state index >= 15 is 0 Å². The van der Waals surface area contributed by atoms with E-state index in [9.17, 15) is 23.1 Å². The van der Waals surface area contributed by atoms with Crippen LogP contribution in [0.5, 0.6) is 0 Å². The number of carboxylic acid groups (broad SMARTS) is 1. The summed E-state index contributed by atoms with van der Waals surface area (Å²) in [5.41, 5.74) is 0.328. The van der Waals surface area contributed by atoms with E-state index in [1.807, 2.05) is 0 Å². The zero-order valence-corrected chi connectivity index (χ0v) is 18.1. The fraction of sp³-hybridized carbons (Fsp3) is 0. The van der Waals surface area contributed by atoms with Gasteiger partial charge in [-0.3, -0.25) is 4.79 Å². The van der Waals surface area contributed by atoms with Gasteiger partial charge in [-0.15, -0.1) is 0 Å². The van der Waals surface area contributed by atoms with Gasteiger partial charge in [-0.2, -0.15) is 0 Å². The molecule has 156 valence electrons. The van der Waals surface area contributed by atoms with E-state index in [2.05, 4.69) is 26.2 Å². The van der Waals surface area contributed by atoms with Crippen molar-refractivity contribution in [3.8, 4) is 0 Å². The summed E-state index contributed by atoms with van der Waals surface area (Å²) in [6, 6.07) is 15.0. The van der Waals surface area contributed by atoms with Crippen molar-refractivity contribution >= 4 is 54.6 Å². The molecule has 0 atom stereocenters. The lowest BCUT2D eigenvalue weighted by Crippen LogP contribution is -2.17. The molecule has 31 heavy (non-hydrogen) atoms. The van der Waals surface area contributed by atoms with Crippen molar-refractivity contribution in [2.24, 2.45) is 0 Å². The average molecular weight is 500 g/mol. The van der Waals surface area contributed by atoms with Crippen LogP contribution in [-0.4, -0.2) is 34.4 Å². The number of benzene rings is 2. The summed E-state index contributed by atoms with van der Waals surface area (Å²) in [5.74, 6) is -1.85. The number of hydrogen-bond acceptors (Lipinski definition) is 5. The first-order valence-corrected chi connectivity index (χ1v) is 11.1. The molecule has 0 aliphatic rings. The molecule has 0 aliphatic carbocycles. The largest absolute Gasteiger partial charge is 0.478 e. The van der Waals surface area contributed by atoms with E-state index in [1.165, 1.54) is 48.8 Å². The maximum Gasteiger partial charge on any atom is 0.337 e. The molecule has 2 N–H and O–H groups in total. The fourth-order valence-corrected chi connectivity index (χ4v) is 4.76. The van der Waals surface area contributed by atoms with E-state index in [0.29, 0.717) is 9.86 Å². The lowest BCUT2D eigenvalue weighted by molar-refractivity contribution is 0.0698. The van der Waals surface area contributed by atoms with Crippen LogP contribution in [-0.2, 0) is 10.0 Å². The van der Waals surface area contributed by atoms with Crippen LogP contribution in [0, 0.1) is 0 Å². The minimum atomic E-state index is -4.00. The number of carbonyl (C=O) groups excluding carboxylic acids is 1. The Hall–Kier alpha value is -3.50. The monoisotopic (exact) mass is 499 g/mol. The zero-order valence-electron chi connectivity index (χ0n) is 15.7. The number of halogens is 1. The third kappa shape index (κ3) is 3.94. The predicted octanol–water partition coefficient (Wildman–Crippen LogP) is 3.99. The molecular weight excluding hydrogens is 486 g/mol. The Bertz CT molecular complexity index is 1450. The molecule has 0 bridgehead atoms. The van der Waals surface area contributed by atoms with Crippen LogP contribution in [0.1, 0.15) is 20.7 Å². The van der Waals surface area contributed by atoms with Gasteiger partial charge in [-0.1, -0.05) is 22.0 Å². The first-order chi connectivity index (χ1) is 14.8. The Morgan fingerprint density at radius 3 is 2.61 bits per heavy atom. The number of hydrogen-bond donors (Lipinski definition) is 2. The second-order valence-electron chi connectivity index (χ2n) is 6.51. The maximum absolute atomic E-state index is 13.1. The number of amides is 1. The van der Waals surface area contributed by atoms with E-state index in [0.717, 1.165) is 3.97 Å². The minimum Gasteiger partial charge on any atom is -0.478 e. The summed E-state index contributed by atoms with van der Waals surface area (Å²) in [6.07, 6.45) is 2.90. The van der Waals surface area contributed by atoms with Crippen molar-refractivity contribution in [3.63, 3.8) is 0 Å². The lowest BCUT2D eigenvalue weighted by Gasteiger charge is -2.11. The molecule has 2 heterocycles. The van der Waals surface area contributed by atoms with Crippen molar-refractivity contribution in [1.82, 2.24) is 8.96 Å². The number of nitrogens with one attached hydrogen (secondary N) is 1. The highest BCUT2D eigenvalue weighted by Crippen LogP contribution is 2.24. The lowest BCUT2D eigenvalue weighted by atomic mass is 10.1. The quantitative estimate of drug-likeness (QED) is 0.428. The Labute approximate surface area is 185 Å². The number of fused-ring (bicyclic) bond motifs is 1. The molecule has 0 saturated carbocycles. The second-order valence-corrected chi connectivity index (χ2v) is 9.24. The summed E-state index contributed by atoms with van der Waals surface area (Å²) in [4.78, 5) is 28.2. The molecule has 0 saturated heterocycles. The average Bonchev–Trinajstić information content (AvgIpc) is 3.20. The number of nitrogens with zero attached hydrogens (tertiary/aromatic N) is 2. The summed E-state index contributed by atoms with van der Waals surface area (Å²) in [5, 5.41) is 12.5. The molecule has 4 aromatic rings. The summed E-state index contributed by atoms with van der Waals surface area (Å²) < 4.78 is 27.9. The fourth-order valence-electron chi connectivity index (χ4n) is 3.04. The van der Waals surface area contributed by atoms with Crippen LogP contribution in [0.4, 0.5) is 5.69 Å². The number of aromatic carboxylic acids is 1. The van der Waals surface area contributed by atoms with Crippen LogP contribution in [0.3, 0.4) is 0 Å². The number of aromatic nitrogens is 2. The van der Waals surface area contributed by atoms with E-state index in [-0.39, 0.29) is 27.4 Å². The van der Waals surface area contributed by atoms with Gasteiger partial charge < -0.3 is 10.4 Å². The number of pyridine rings is 1. The molecule has 0 fully saturated rings.